The molecule has 26 heavy (non-hydrogen) atoms. The fourth-order valence-electron chi connectivity index (χ4n) is 3.25. The topological polar surface area (TPSA) is 61.9 Å². The molecule has 1 aliphatic heterocycles. The first-order chi connectivity index (χ1) is 12.6. The smallest absolute Gasteiger partial charge is 0.254 e. The van der Waals surface area contributed by atoms with Crippen LogP contribution in [0.3, 0.4) is 0 Å². The van der Waals surface area contributed by atoms with E-state index in [4.69, 9.17) is 11.6 Å². The predicted molar refractivity (Wildman–Crippen MR) is 102 cm³/mol. The summed E-state index contributed by atoms with van der Waals surface area (Å²) in [6.07, 6.45) is 2.39. The van der Waals surface area contributed by atoms with Crippen molar-refractivity contribution in [1.82, 2.24) is 19.9 Å². The van der Waals surface area contributed by atoms with E-state index in [0.29, 0.717) is 24.5 Å². The first-order valence-corrected chi connectivity index (χ1v) is 8.99. The molecule has 0 saturated carbocycles. The highest BCUT2D eigenvalue weighted by Gasteiger charge is 2.21. The van der Waals surface area contributed by atoms with Crippen molar-refractivity contribution < 1.29 is 0 Å². The van der Waals surface area contributed by atoms with Gasteiger partial charge in [-0.1, -0.05) is 29.8 Å². The normalized spacial score (nSPS) is 14.2. The molecule has 0 amide bonds. The minimum atomic E-state index is -0.0614. The lowest BCUT2D eigenvalue weighted by molar-refractivity contribution is 0.240. The Morgan fingerprint density at radius 2 is 2.15 bits per heavy atom. The summed E-state index contributed by atoms with van der Waals surface area (Å²) in [7, 11) is 0. The van der Waals surface area contributed by atoms with Crippen LogP contribution < -0.4 is 5.56 Å². The number of aromatic amines is 1. The van der Waals surface area contributed by atoms with Gasteiger partial charge in [0.15, 0.2) is 5.82 Å². The molecule has 1 aliphatic rings. The molecule has 0 atom stereocenters. The van der Waals surface area contributed by atoms with Crippen molar-refractivity contribution in [2.45, 2.75) is 26.4 Å². The molecule has 1 aromatic carbocycles. The van der Waals surface area contributed by atoms with Gasteiger partial charge < -0.3 is 4.98 Å². The Kier molecular flexibility index (Phi) is 4.57. The summed E-state index contributed by atoms with van der Waals surface area (Å²) >= 11 is 6.24. The average molecular weight is 367 g/mol. The number of pyridine rings is 1. The number of H-pyrrole nitrogens is 1. The summed E-state index contributed by atoms with van der Waals surface area (Å²) in [4.78, 5) is 26.6. The van der Waals surface area contributed by atoms with Gasteiger partial charge in [0.1, 0.15) is 5.69 Å². The van der Waals surface area contributed by atoms with Gasteiger partial charge in [0.2, 0.25) is 0 Å². The summed E-state index contributed by atoms with van der Waals surface area (Å²) in [5.74, 6) is 0.523. The van der Waals surface area contributed by atoms with E-state index in [2.05, 4.69) is 25.9 Å². The van der Waals surface area contributed by atoms with Crippen LogP contribution in [0.2, 0.25) is 5.02 Å². The van der Waals surface area contributed by atoms with Crippen molar-refractivity contribution in [2.24, 2.45) is 0 Å². The lowest BCUT2D eigenvalue weighted by Gasteiger charge is -2.27. The van der Waals surface area contributed by atoms with E-state index in [1.165, 1.54) is 5.56 Å². The fourth-order valence-corrected chi connectivity index (χ4v) is 3.45. The second kappa shape index (κ2) is 7.02. The van der Waals surface area contributed by atoms with Crippen LogP contribution in [0.15, 0.2) is 47.4 Å². The maximum atomic E-state index is 12.4. The molecule has 1 N–H and O–H groups in total. The third-order valence-electron chi connectivity index (χ3n) is 4.70. The van der Waals surface area contributed by atoms with Crippen LogP contribution in [0, 0.1) is 6.92 Å². The van der Waals surface area contributed by atoms with Gasteiger partial charge in [0, 0.05) is 36.4 Å². The third kappa shape index (κ3) is 3.41. The predicted octanol–water partition coefficient (Wildman–Crippen LogP) is 3.35. The van der Waals surface area contributed by atoms with Crippen LogP contribution in [0.4, 0.5) is 0 Å². The molecule has 6 heteroatoms. The number of aryl methyl sites for hydroxylation is 1. The van der Waals surface area contributed by atoms with Crippen LogP contribution in [-0.4, -0.2) is 26.4 Å². The number of hydrogen-bond donors (Lipinski definition) is 1. The van der Waals surface area contributed by atoms with Gasteiger partial charge in [0.25, 0.3) is 5.56 Å². The highest BCUT2D eigenvalue weighted by molar-refractivity contribution is 6.31. The van der Waals surface area contributed by atoms with Gasteiger partial charge in [0.05, 0.1) is 5.69 Å². The summed E-state index contributed by atoms with van der Waals surface area (Å²) in [5.41, 5.74) is 4.47. The van der Waals surface area contributed by atoms with E-state index >= 15 is 0 Å². The van der Waals surface area contributed by atoms with Crippen molar-refractivity contribution in [3.63, 3.8) is 0 Å². The monoisotopic (exact) mass is 366 g/mol. The van der Waals surface area contributed by atoms with E-state index < -0.39 is 0 Å². The van der Waals surface area contributed by atoms with Crippen LogP contribution in [-0.2, 0) is 19.5 Å². The zero-order valence-corrected chi connectivity index (χ0v) is 15.3. The minimum absolute atomic E-state index is 0.0614. The highest BCUT2D eigenvalue weighted by atomic mass is 35.5. The first kappa shape index (κ1) is 16.9. The molecule has 0 fully saturated rings. The van der Waals surface area contributed by atoms with Crippen molar-refractivity contribution in [3.05, 3.63) is 80.4 Å². The molecule has 0 radical (unpaired) electrons. The number of benzene rings is 1. The quantitative estimate of drug-likeness (QED) is 0.772. The number of halogens is 1. The molecule has 5 nitrogen and oxygen atoms in total. The molecule has 132 valence electrons. The molecule has 3 heterocycles. The molecule has 0 aliphatic carbocycles. The second-order valence-corrected chi connectivity index (χ2v) is 7.01. The zero-order valence-electron chi connectivity index (χ0n) is 14.5. The van der Waals surface area contributed by atoms with Gasteiger partial charge in [-0.3, -0.25) is 14.7 Å². The Balaban J connectivity index is 1.60. The number of rotatable bonds is 3. The Morgan fingerprint density at radius 3 is 2.92 bits per heavy atom. The number of fused-ring (bicyclic) bond motifs is 1. The van der Waals surface area contributed by atoms with Gasteiger partial charge in [-0.05, 0) is 42.7 Å². The summed E-state index contributed by atoms with van der Waals surface area (Å²) in [5, 5.41) is 0.784. The maximum Gasteiger partial charge on any atom is 0.254 e. The number of nitrogens with one attached hydrogen (secondary N) is 1. The van der Waals surface area contributed by atoms with Crippen molar-refractivity contribution in [1.29, 1.82) is 0 Å². The molecule has 4 rings (SSSR count). The third-order valence-corrected chi connectivity index (χ3v) is 5.11. The van der Waals surface area contributed by atoms with Crippen LogP contribution in [0.1, 0.15) is 22.4 Å². The van der Waals surface area contributed by atoms with E-state index in [-0.39, 0.29) is 5.56 Å². The molecule has 0 saturated heterocycles. The Bertz CT molecular complexity index is 1000. The summed E-state index contributed by atoms with van der Waals surface area (Å²) in [6.45, 7) is 4.25. The summed E-state index contributed by atoms with van der Waals surface area (Å²) < 4.78 is 0. The maximum absolute atomic E-state index is 12.4. The van der Waals surface area contributed by atoms with Crippen LogP contribution in [0.5, 0.6) is 0 Å². The number of nitrogens with zero attached hydrogens (tertiary/aromatic N) is 3. The summed E-state index contributed by atoms with van der Waals surface area (Å²) in [6, 6.07) is 11.7. The van der Waals surface area contributed by atoms with Gasteiger partial charge in [-0.2, -0.15) is 0 Å². The SMILES string of the molecule is Cc1ccc(CN2CCc3c(nc(-c4ccccn4)[nH]c3=O)C2)cc1Cl. The Labute approximate surface area is 156 Å². The molecule has 0 bridgehead atoms. The van der Waals surface area contributed by atoms with Crippen molar-refractivity contribution >= 4 is 11.6 Å². The fraction of sp³-hybridized carbons (Fsp3) is 0.250. The van der Waals surface area contributed by atoms with E-state index in [9.17, 15) is 4.79 Å². The highest BCUT2D eigenvalue weighted by Crippen LogP contribution is 2.21. The number of aromatic nitrogens is 3. The van der Waals surface area contributed by atoms with Gasteiger partial charge in [-0.15, -0.1) is 0 Å². The van der Waals surface area contributed by atoms with Gasteiger partial charge >= 0.3 is 0 Å². The largest absolute Gasteiger partial charge is 0.305 e. The Morgan fingerprint density at radius 1 is 1.27 bits per heavy atom. The van der Waals surface area contributed by atoms with E-state index in [0.717, 1.165) is 34.9 Å². The lowest BCUT2D eigenvalue weighted by Crippen LogP contribution is -2.35. The minimum Gasteiger partial charge on any atom is -0.305 e. The van der Waals surface area contributed by atoms with Crippen LogP contribution >= 0.6 is 11.6 Å². The molecule has 0 unspecified atom stereocenters. The van der Waals surface area contributed by atoms with Gasteiger partial charge in [-0.25, -0.2) is 4.98 Å². The molecule has 2 aromatic heterocycles. The standard InChI is InChI=1S/C20H19ClN4O/c1-13-5-6-14(10-16(13)21)11-25-9-7-15-18(12-25)23-19(24-20(15)26)17-4-2-3-8-22-17/h2-6,8,10H,7,9,11-12H2,1H3,(H,23,24,26). The van der Waals surface area contributed by atoms with Crippen LogP contribution in [0.25, 0.3) is 11.5 Å². The average Bonchev–Trinajstić information content (AvgIpc) is 2.65. The van der Waals surface area contributed by atoms with Crippen molar-refractivity contribution in [3.8, 4) is 11.5 Å². The zero-order chi connectivity index (χ0) is 18.1. The number of hydrogen-bond acceptors (Lipinski definition) is 4. The Hall–Kier alpha value is -2.50. The molecule has 0 spiro atoms. The molecule has 3 aromatic rings. The van der Waals surface area contributed by atoms with E-state index in [1.807, 2.05) is 37.3 Å². The molecular weight excluding hydrogens is 348 g/mol. The first-order valence-electron chi connectivity index (χ1n) is 8.61. The lowest BCUT2D eigenvalue weighted by atomic mass is 10.0. The molecular formula is C20H19ClN4O. The second-order valence-electron chi connectivity index (χ2n) is 6.60. The van der Waals surface area contributed by atoms with Crippen molar-refractivity contribution in [2.75, 3.05) is 6.54 Å². The van der Waals surface area contributed by atoms with E-state index in [1.54, 1.807) is 6.20 Å².